The first-order chi connectivity index (χ1) is 16.4. The molecule has 0 unspecified atom stereocenters. The lowest BCUT2D eigenvalue weighted by Crippen LogP contribution is -2.41. The van der Waals surface area contributed by atoms with Gasteiger partial charge in [-0.1, -0.05) is 5.16 Å². The van der Waals surface area contributed by atoms with Crippen molar-refractivity contribution in [2.45, 2.75) is 19.4 Å². The largest absolute Gasteiger partial charge is 0.497 e. The van der Waals surface area contributed by atoms with Crippen LogP contribution in [0.3, 0.4) is 0 Å². The molecule has 2 bridgehead atoms. The van der Waals surface area contributed by atoms with Gasteiger partial charge in [0, 0.05) is 29.0 Å². The molecule has 6 atom stereocenters. The van der Waals surface area contributed by atoms with Crippen molar-refractivity contribution in [2.24, 2.45) is 34.7 Å². The van der Waals surface area contributed by atoms with Crippen LogP contribution < -0.4 is 14.4 Å². The average Bonchev–Trinajstić information content (AvgIpc) is 3.59. The number of fused-ring (bicyclic) bond motifs is 8. The molecule has 8 nitrogen and oxygen atoms in total. The minimum atomic E-state index is -0.404. The number of nitrogens with zero attached hydrogens (tertiary/aromatic N) is 2. The number of carbonyl (C=O) groups is 3. The zero-order chi connectivity index (χ0) is 23.7. The van der Waals surface area contributed by atoms with Crippen LogP contribution in [0.15, 0.2) is 47.6 Å². The van der Waals surface area contributed by atoms with Crippen LogP contribution >= 0.6 is 0 Å². The number of methoxy groups -OCH3 is 2. The fourth-order valence-electron chi connectivity index (χ4n) is 6.46. The lowest BCUT2D eigenvalue weighted by molar-refractivity contribution is -0.125. The van der Waals surface area contributed by atoms with E-state index in [-0.39, 0.29) is 41.5 Å². The zero-order valence-electron chi connectivity index (χ0n) is 19.1. The second-order valence-electron chi connectivity index (χ2n) is 9.37. The molecule has 34 heavy (non-hydrogen) atoms. The molecule has 2 aliphatic heterocycles. The summed E-state index contributed by atoms with van der Waals surface area (Å²) in [6, 6.07) is 12.2. The Bertz CT molecular complexity index is 1250. The summed E-state index contributed by atoms with van der Waals surface area (Å²) >= 11 is 0. The standard InChI is InChI=1S/C26H24N2O6/c1-12(29)13-4-6-14(7-5-13)28-25(30)20-17-11-18(21(20)26(28)31)24-22(17)23(27-34-24)16-9-8-15(32-2)10-19(16)33-3/h4-10,17-18,20-22,24H,11H2,1-3H3/t17-,18-,20+,21-,22-,24+/m0/s1. The minimum Gasteiger partial charge on any atom is -0.497 e. The molecule has 0 N–H and O–H groups in total. The summed E-state index contributed by atoms with van der Waals surface area (Å²) in [5.74, 6) is -0.109. The van der Waals surface area contributed by atoms with Crippen LogP contribution in [0.4, 0.5) is 5.69 Å². The molecule has 0 radical (unpaired) electrons. The van der Waals surface area contributed by atoms with Crippen molar-refractivity contribution in [1.82, 2.24) is 0 Å². The van der Waals surface area contributed by atoms with Gasteiger partial charge in [-0.3, -0.25) is 19.3 Å². The van der Waals surface area contributed by atoms with Gasteiger partial charge in [-0.2, -0.15) is 0 Å². The number of carbonyl (C=O) groups excluding carboxylic acids is 3. The Balaban J connectivity index is 1.32. The SMILES string of the molecule is COc1ccc(C2=NO[C@@H]3[C@H]4C[C@H]([C@@H]23)[C@H]2C(=O)N(c3ccc(C(C)=O)cc3)C(=O)[C@@H]42)c(OC)c1. The predicted molar refractivity (Wildman–Crippen MR) is 122 cm³/mol. The maximum Gasteiger partial charge on any atom is 0.238 e. The lowest BCUT2D eigenvalue weighted by Gasteiger charge is -2.30. The number of hydrogen-bond donors (Lipinski definition) is 0. The van der Waals surface area contributed by atoms with Gasteiger partial charge < -0.3 is 14.3 Å². The van der Waals surface area contributed by atoms with Crippen LogP contribution in [0.2, 0.25) is 0 Å². The predicted octanol–water partition coefficient (Wildman–Crippen LogP) is 3.08. The molecule has 1 saturated heterocycles. The highest BCUT2D eigenvalue weighted by Crippen LogP contribution is 2.62. The van der Waals surface area contributed by atoms with E-state index in [1.165, 1.54) is 11.8 Å². The first kappa shape index (κ1) is 20.9. The van der Waals surface area contributed by atoms with Gasteiger partial charge in [0.25, 0.3) is 0 Å². The summed E-state index contributed by atoms with van der Waals surface area (Å²) in [5, 5.41) is 4.40. The number of hydrogen-bond acceptors (Lipinski definition) is 7. The summed E-state index contributed by atoms with van der Waals surface area (Å²) in [6.07, 6.45) is 0.529. The number of anilines is 1. The Morgan fingerprint density at radius 1 is 0.971 bits per heavy atom. The Morgan fingerprint density at radius 3 is 2.32 bits per heavy atom. The second kappa shape index (κ2) is 7.41. The van der Waals surface area contributed by atoms with E-state index < -0.39 is 11.8 Å². The summed E-state index contributed by atoms with van der Waals surface area (Å²) in [7, 11) is 3.19. The van der Waals surface area contributed by atoms with Crippen LogP contribution in [-0.4, -0.2) is 43.6 Å². The minimum absolute atomic E-state index is 0.0361. The third-order valence-electron chi connectivity index (χ3n) is 7.91. The van der Waals surface area contributed by atoms with E-state index in [1.54, 1.807) is 44.6 Å². The first-order valence-corrected chi connectivity index (χ1v) is 11.4. The number of ether oxygens (including phenoxy) is 2. The number of imide groups is 1. The summed E-state index contributed by atoms with van der Waals surface area (Å²) in [6.45, 7) is 1.49. The van der Waals surface area contributed by atoms with E-state index in [4.69, 9.17) is 14.3 Å². The van der Waals surface area contributed by atoms with E-state index in [2.05, 4.69) is 5.16 Å². The van der Waals surface area contributed by atoms with Crippen molar-refractivity contribution in [3.05, 3.63) is 53.6 Å². The number of amides is 2. The van der Waals surface area contributed by atoms with Crippen LogP contribution in [0.1, 0.15) is 29.3 Å². The van der Waals surface area contributed by atoms with Crippen molar-refractivity contribution in [3.8, 4) is 11.5 Å². The molecule has 3 fully saturated rings. The fourth-order valence-corrected chi connectivity index (χ4v) is 6.46. The summed E-state index contributed by atoms with van der Waals surface area (Å²) in [4.78, 5) is 45.8. The Kier molecular flexibility index (Phi) is 4.56. The van der Waals surface area contributed by atoms with Gasteiger partial charge in [-0.05, 0) is 55.7 Å². The Labute approximate surface area is 196 Å². The number of ketones is 1. The molecule has 8 heteroatoms. The van der Waals surface area contributed by atoms with Gasteiger partial charge in [0.15, 0.2) is 5.78 Å². The molecule has 2 aromatic carbocycles. The number of rotatable bonds is 5. The first-order valence-electron chi connectivity index (χ1n) is 11.4. The Hall–Kier alpha value is -3.68. The maximum atomic E-state index is 13.6. The fraction of sp³-hybridized carbons (Fsp3) is 0.385. The van der Waals surface area contributed by atoms with Crippen molar-refractivity contribution in [3.63, 3.8) is 0 Å². The van der Waals surface area contributed by atoms with Crippen LogP contribution in [-0.2, 0) is 14.4 Å². The van der Waals surface area contributed by atoms with Crippen LogP contribution in [0.5, 0.6) is 11.5 Å². The lowest BCUT2D eigenvalue weighted by atomic mass is 9.71. The molecule has 0 aromatic heterocycles. The molecule has 0 spiro atoms. The van der Waals surface area contributed by atoms with E-state index in [1.807, 2.05) is 12.1 Å². The molecule has 174 valence electrons. The number of oxime groups is 1. The molecule has 2 aliphatic carbocycles. The third-order valence-corrected chi connectivity index (χ3v) is 7.91. The smallest absolute Gasteiger partial charge is 0.238 e. The molecule has 4 aliphatic rings. The zero-order valence-corrected chi connectivity index (χ0v) is 19.1. The maximum absolute atomic E-state index is 13.6. The normalized spacial score (nSPS) is 30.7. The van der Waals surface area contributed by atoms with E-state index in [0.717, 1.165) is 17.7 Å². The summed E-state index contributed by atoms with van der Waals surface area (Å²) in [5.41, 5.74) is 2.62. The van der Waals surface area contributed by atoms with Crippen LogP contribution in [0.25, 0.3) is 0 Å². The third kappa shape index (κ3) is 2.71. The molecular weight excluding hydrogens is 436 g/mol. The van der Waals surface area contributed by atoms with Gasteiger partial charge in [-0.15, -0.1) is 0 Å². The molecule has 2 heterocycles. The van der Waals surface area contributed by atoms with Gasteiger partial charge in [0.05, 0.1) is 37.5 Å². The average molecular weight is 460 g/mol. The molecular formula is C26H24N2O6. The second-order valence-corrected chi connectivity index (χ2v) is 9.37. The van der Waals surface area contributed by atoms with E-state index in [9.17, 15) is 14.4 Å². The van der Waals surface area contributed by atoms with E-state index in [0.29, 0.717) is 22.7 Å². The van der Waals surface area contributed by atoms with Crippen molar-refractivity contribution < 1.29 is 28.7 Å². The molecule has 2 saturated carbocycles. The van der Waals surface area contributed by atoms with Gasteiger partial charge in [0.1, 0.15) is 17.6 Å². The Morgan fingerprint density at radius 2 is 1.68 bits per heavy atom. The van der Waals surface area contributed by atoms with Crippen LogP contribution in [0, 0.1) is 29.6 Å². The quantitative estimate of drug-likeness (QED) is 0.503. The van der Waals surface area contributed by atoms with Gasteiger partial charge >= 0.3 is 0 Å². The van der Waals surface area contributed by atoms with Crippen molar-refractivity contribution in [1.29, 1.82) is 0 Å². The number of Topliss-reactive ketones (excluding diaryl/α,β-unsaturated/α-hetero) is 1. The highest BCUT2D eigenvalue weighted by Gasteiger charge is 2.70. The van der Waals surface area contributed by atoms with Crippen molar-refractivity contribution in [2.75, 3.05) is 19.1 Å². The topological polar surface area (TPSA) is 94.5 Å². The molecule has 6 rings (SSSR count). The molecule has 2 aromatic rings. The summed E-state index contributed by atoms with van der Waals surface area (Å²) < 4.78 is 10.9. The van der Waals surface area contributed by atoms with Gasteiger partial charge in [0.2, 0.25) is 11.8 Å². The van der Waals surface area contributed by atoms with Crippen molar-refractivity contribution >= 4 is 29.0 Å². The molecule has 2 amide bonds. The highest BCUT2D eigenvalue weighted by atomic mass is 16.6. The number of benzene rings is 2. The monoisotopic (exact) mass is 460 g/mol. The van der Waals surface area contributed by atoms with Gasteiger partial charge in [-0.25, -0.2) is 0 Å². The highest BCUT2D eigenvalue weighted by molar-refractivity contribution is 6.23. The van der Waals surface area contributed by atoms with E-state index >= 15 is 0 Å².